The summed E-state index contributed by atoms with van der Waals surface area (Å²) in [5, 5.41) is 2.26. The number of halogens is 1. The maximum absolute atomic E-state index is 15.3. The van der Waals surface area contributed by atoms with E-state index in [9.17, 15) is 0 Å². The standard InChI is InChI=1S/C28H24IO4P/c1-19-8-12-22(13-9-19)34(30,23-14-10-20(2)11-15-23)26-16-25(33-21-6-4-3-5-7-21)28-27(24(26)17-29)31-18-32-28/h3-16H,17-18H2,1-2H3. The van der Waals surface area contributed by atoms with E-state index in [2.05, 4.69) is 22.6 Å². The van der Waals surface area contributed by atoms with Crippen molar-refractivity contribution in [3.05, 3.63) is 102 Å². The number of para-hydroxylation sites is 1. The first-order chi connectivity index (χ1) is 16.5. The first-order valence-electron chi connectivity index (χ1n) is 11.0. The first-order valence-corrected chi connectivity index (χ1v) is 14.2. The highest BCUT2D eigenvalue weighted by molar-refractivity contribution is 14.1. The third-order valence-electron chi connectivity index (χ3n) is 5.93. The number of ether oxygens (including phenoxy) is 3. The van der Waals surface area contributed by atoms with Gasteiger partial charge in [0.15, 0.2) is 18.6 Å². The fraction of sp³-hybridized carbons (Fsp3) is 0.143. The molecule has 4 nitrogen and oxygen atoms in total. The summed E-state index contributed by atoms with van der Waals surface area (Å²) in [7, 11) is -3.25. The number of alkyl halides is 1. The SMILES string of the molecule is Cc1ccc(P(=O)(c2ccc(C)cc2)c2cc(Oc3ccccc3)c3c(c2CI)OCO3)cc1. The molecule has 0 N–H and O–H groups in total. The van der Waals surface area contributed by atoms with Crippen molar-refractivity contribution >= 4 is 45.6 Å². The summed E-state index contributed by atoms with van der Waals surface area (Å²) < 4.78 is 33.9. The molecule has 0 spiro atoms. The molecular formula is C28H24IO4P. The lowest BCUT2D eigenvalue weighted by Crippen LogP contribution is -2.27. The molecule has 4 aromatic carbocycles. The van der Waals surface area contributed by atoms with Crippen LogP contribution in [0.4, 0.5) is 0 Å². The maximum atomic E-state index is 15.3. The average Bonchev–Trinajstić information content (AvgIpc) is 3.35. The third kappa shape index (κ3) is 4.12. The van der Waals surface area contributed by atoms with Crippen LogP contribution in [-0.2, 0) is 8.99 Å². The molecule has 6 heteroatoms. The molecule has 0 unspecified atom stereocenters. The third-order valence-corrected chi connectivity index (χ3v) is 9.82. The normalized spacial score (nSPS) is 12.6. The van der Waals surface area contributed by atoms with E-state index in [1.54, 1.807) is 0 Å². The van der Waals surface area contributed by atoms with Crippen LogP contribution in [0, 0.1) is 13.8 Å². The Hall–Kier alpha value is -2.76. The Morgan fingerprint density at radius 3 is 1.94 bits per heavy atom. The van der Waals surface area contributed by atoms with Gasteiger partial charge in [0, 0.05) is 25.9 Å². The van der Waals surface area contributed by atoms with Crippen molar-refractivity contribution in [2.24, 2.45) is 0 Å². The number of hydrogen-bond donors (Lipinski definition) is 0. The van der Waals surface area contributed by atoms with Crippen molar-refractivity contribution in [1.29, 1.82) is 0 Å². The van der Waals surface area contributed by atoms with Crippen LogP contribution in [-0.4, -0.2) is 6.79 Å². The lowest BCUT2D eigenvalue weighted by molar-refractivity contribution is 0.171. The number of hydrogen-bond acceptors (Lipinski definition) is 4. The van der Waals surface area contributed by atoms with Gasteiger partial charge in [0.1, 0.15) is 5.75 Å². The molecular weight excluding hydrogens is 558 g/mol. The highest BCUT2D eigenvalue weighted by Crippen LogP contribution is 2.52. The topological polar surface area (TPSA) is 44.8 Å². The van der Waals surface area contributed by atoms with Gasteiger partial charge in [0.2, 0.25) is 12.5 Å². The zero-order valence-electron chi connectivity index (χ0n) is 19.0. The van der Waals surface area contributed by atoms with E-state index in [1.807, 2.05) is 98.8 Å². The monoisotopic (exact) mass is 582 g/mol. The summed E-state index contributed by atoms with van der Waals surface area (Å²) in [6.07, 6.45) is 0. The van der Waals surface area contributed by atoms with Crippen molar-refractivity contribution in [3.63, 3.8) is 0 Å². The van der Waals surface area contributed by atoms with Gasteiger partial charge in [-0.1, -0.05) is 100 Å². The van der Waals surface area contributed by atoms with Gasteiger partial charge in [0.05, 0.1) is 0 Å². The minimum Gasteiger partial charge on any atom is -0.453 e. The highest BCUT2D eigenvalue weighted by Gasteiger charge is 2.37. The quantitative estimate of drug-likeness (QED) is 0.150. The predicted octanol–water partition coefficient (Wildman–Crippen LogP) is 6.40. The minimum absolute atomic E-state index is 0.104. The Kier molecular flexibility index (Phi) is 6.41. The van der Waals surface area contributed by atoms with Crippen LogP contribution in [0.5, 0.6) is 23.0 Å². The maximum Gasteiger partial charge on any atom is 0.231 e. The van der Waals surface area contributed by atoms with E-state index in [-0.39, 0.29) is 6.79 Å². The van der Waals surface area contributed by atoms with Crippen molar-refractivity contribution in [3.8, 4) is 23.0 Å². The Bertz CT molecular complexity index is 1320. The Morgan fingerprint density at radius 2 is 1.38 bits per heavy atom. The molecule has 0 radical (unpaired) electrons. The molecule has 0 amide bonds. The minimum atomic E-state index is -3.25. The average molecular weight is 582 g/mol. The lowest BCUT2D eigenvalue weighted by atomic mass is 10.2. The van der Waals surface area contributed by atoms with E-state index in [4.69, 9.17) is 14.2 Å². The van der Waals surface area contributed by atoms with Gasteiger partial charge in [-0.2, -0.15) is 0 Å². The van der Waals surface area contributed by atoms with Crippen LogP contribution in [0.1, 0.15) is 16.7 Å². The summed E-state index contributed by atoms with van der Waals surface area (Å²) in [6, 6.07) is 27.3. The molecule has 172 valence electrons. The second-order valence-corrected chi connectivity index (χ2v) is 11.8. The van der Waals surface area contributed by atoms with Crippen LogP contribution in [0.15, 0.2) is 84.9 Å². The fourth-order valence-electron chi connectivity index (χ4n) is 4.12. The van der Waals surface area contributed by atoms with Crippen molar-refractivity contribution in [2.75, 3.05) is 6.79 Å². The van der Waals surface area contributed by atoms with Crippen LogP contribution in [0.2, 0.25) is 0 Å². The van der Waals surface area contributed by atoms with E-state index in [1.165, 1.54) is 0 Å². The number of rotatable bonds is 6. The van der Waals surface area contributed by atoms with E-state index >= 15 is 4.57 Å². The van der Waals surface area contributed by atoms with E-state index < -0.39 is 7.14 Å². The van der Waals surface area contributed by atoms with Crippen LogP contribution in [0.3, 0.4) is 0 Å². The van der Waals surface area contributed by atoms with Gasteiger partial charge >= 0.3 is 0 Å². The van der Waals surface area contributed by atoms with Crippen molar-refractivity contribution in [1.82, 2.24) is 0 Å². The first kappa shape index (κ1) is 23.0. The number of aryl methyl sites for hydroxylation is 2. The molecule has 1 aliphatic heterocycles. The second kappa shape index (κ2) is 9.47. The zero-order valence-corrected chi connectivity index (χ0v) is 22.0. The Balaban J connectivity index is 1.78. The molecule has 0 bridgehead atoms. The van der Waals surface area contributed by atoms with Gasteiger partial charge in [-0.3, -0.25) is 0 Å². The molecule has 0 saturated carbocycles. The van der Waals surface area contributed by atoms with E-state index in [0.717, 1.165) is 27.3 Å². The molecule has 0 atom stereocenters. The van der Waals surface area contributed by atoms with Crippen molar-refractivity contribution in [2.45, 2.75) is 18.3 Å². The summed E-state index contributed by atoms with van der Waals surface area (Å²) in [5.74, 6) is 2.34. The fourth-order valence-corrected chi connectivity index (χ4v) is 8.03. The summed E-state index contributed by atoms with van der Waals surface area (Å²) in [6.45, 7) is 4.17. The lowest BCUT2D eigenvalue weighted by Gasteiger charge is -2.24. The highest BCUT2D eigenvalue weighted by atomic mass is 127. The van der Waals surface area contributed by atoms with E-state index in [0.29, 0.717) is 32.7 Å². The molecule has 0 aromatic heterocycles. The van der Waals surface area contributed by atoms with Crippen LogP contribution in [0.25, 0.3) is 0 Å². The Labute approximate surface area is 213 Å². The summed E-state index contributed by atoms with van der Waals surface area (Å²) in [5.41, 5.74) is 3.11. The van der Waals surface area contributed by atoms with Gasteiger partial charge < -0.3 is 18.8 Å². The van der Waals surface area contributed by atoms with Crippen molar-refractivity contribution < 1.29 is 18.8 Å². The number of fused-ring (bicyclic) bond motifs is 1. The molecule has 4 aromatic rings. The van der Waals surface area contributed by atoms with Gasteiger partial charge in [-0.15, -0.1) is 0 Å². The number of benzene rings is 4. The molecule has 0 saturated heterocycles. The Morgan fingerprint density at radius 1 is 0.824 bits per heavy atom. The summed E-state index contributed by atoms with van der Waals surface area (Å²) >= 11 is 2.30. The molecule has 0 aliphatic carbocycles. The van der Waals surface area contributed by atoms with Gasteiger partial charge in [0.25, 0.3) is 0 Å². The molecule has 0 fully saturated rings. The molecule has 34 heavy (non-hydrogen) atoms. The van der Waals surface area contributed by atoms with Crippen LogP contribution >= 0.6 is 29.7 Å². The summed E-state index contributed by atoms with van der Waals surface area (Å²) in [4.78, 5) is 0. The molecule has 1 heterocycles. The van der Waals surface area contributed by atoms with Gasteiger partial charge in [-0.25, -0.2) is 0 Å². The van der Waals surface area contributed by atoms with Gasteiger partial charge in [-0.05, 0) is 32.0 Å². The second-order valence-electron chi connectivity index (χ2n) is 8.27. The largest absolute Gasteiger partial charge is 0.453 e. The van der Waals surface area contributed by atoms with Crippen LogP contribution < -0.4 is 30.1 Å². The zero-order chi connectivity index (χ0) is 23.7. The molecule has 1 aliphatic rings. The predicted molar refractivity (Wildman–Crippen MR) is 146 cm³/mol. The molecule has 5 rings (SSSR count). The smallest absolute Gasteiger partial charge is 0.231 e.